The van der Waals surface area contributed by atoms with E-state index in [4.69, 9.17) is 0 Å². The second-order valence-electron chi connectivity index (χ2n) is 6.53. The lowest BCUT2D eigenvalue weighted by Gasteiger charge is -2.35. The number of piperazine rings is 1. The lowest BCUT2D eigenvalue weighted by molar-refractivity contribution is 0.208. The first-order valence-electron chi connectivity index (χ1n) is 9.02. The summed E-state index contributed by atoms with van der Waals surface area (Å²) in [6.07, 6.45) is 0. The molecule has 2 N–H and O–H groups in total. The van der Waals surface area contributed by atoms with Gasteiger partial charge in [-0.05, 0) is 31.2 Å². The predicted molar refractivity (Wildman–Crippen MR) is 104 cm³/mol. The molecule has 9 heteroatoms. The number of carbonyl (C=O) groups excluding carboxylic acids is 1. The van der Waals surface area contributed by atoms with Crippen LogP contribution in [0.25, 0.3) is 11.4 Å². The lowest BCUT2D eigenvalue weighted by atomic mass is 10.2. The molecule has 1 saturated heterocycles. The third-order valence-corrected chi connectivity index (χ3v) is 4.60. The van der Waals surface area contributed by atoms with Crippen LogP contribution in [-0.4, -0.2) is 57.3 Å². The fourth-order valence-electron chi connectivity index (χ4n) is 3.11. The highest BCUT2D eigenvalue weighted by molar-refractivity contribution is 5.87. The first-order chi connectivity index (χ1) is 13.6. The summed E-state index contributed by atoms with van der Waals surface area (Å²) in [6.45, 7) is 4.47. The Bertz CT molecular complexity index is 982. The highest BCUT2D eigenvalue weighted by Crippen LogP contribution is 2.19. The van der Waals surface area contributed by atoms with Gasteiger partial charge in [-0.25, -0.2) is 14.2 Å². The molecule has 4 rings (SSSR count). The Kier molecular flexibility index (Phi) is 4.88. The number of benzene rings is 1. The number of pyridine rings is 1. The minimum Gasteiger partial charge on any atom is -0.353 e. The Labute approximate surface area is 161 Å². The van der Waals surface area contributed by atoms with Crippen molar-refractivity contribution in [1.82, 2.24) is 25.1 Å². The summed E-state index contributed by atoms with van der Waals surface area (Å²) in [6, 6.07) is 11.9. The van der Waals surface area contributed by atoms with Crippen LogP contribution in [0, 0.1) is 12.7 Å². The molecule has 2 aromatic heterocycles. The van der Waals surface area contributed by atoms with Gasteiger partial charge in [0, 0.05) is 31.9 Å². The van der Waals surface area contributed by atoms with Crippen molar-refractivity contribution >= 4 is 17.8 Å². The Hall–Kier alpha value is -3.49. The summed E-state index contributed by atoms with van der Waals surface area (Å²) in [5.41, 5.74) is 1.27. The average Bonchev–Trinajstić information content (AvgIpc) is 3.16. The molecule has 2 amide bonds. The number of hydrogen-bond acceptors (Lipinski definition) is 5. The van der Waals surface area contributed by atoms with Crippen LogP contribution in [-0.2, 0) is 0 Å². The Balaban J connectivity index is 1.36. The van der Waals surface area contributed by atoms with Gasteiger partial charge in [0.25, 0.3) is 0 Å². The minimum absolute atomic E-state index is 0.117. The largest absolute Gasteiger partial charge is 0.353 e. The number of rotatable bonds is 3. The number of anilines is 2. The van der Waals surface area contributed by atoms with Crippen molar-refractivity contribution in [3.63, 3.8) is 0 Å². The molecule has 0 unspecified atom stereocenters. The molecule has 3 heterocycles. The van der Waals surface area contributed by atoms with Crippen LogP contribution >= 0.6 is 0 Å². The van der Waals surface area contributed by atoms with E-state index in [9.17, 15) is 9.18 Å². The molecule has 0 saturated carbocycles. The average molecular weight is 381 g/mol. The molecular formula is C19H20FN7O. The van der Waals surface area contributed by atoms with Crippen LogP contribution < -0.4 is 10.2 Å². The van der Waals surface area contributed by atoms with Gasteiger partial charge >= 0.3 is 6.03 Å². The van der Waals surface area contributed by atoms with Gasteiger partial charge in [-0.15, -0.1) is 5.10 Å². The van der Waals surface area contributed by atoms with Gasteiger partial charge in [-0.3, -0.25) is 10.4 Å². The molecule has 1 aromatic carbocycles. The van der Waals surface area contributed by atoms with Crippen LogP contribution in [0.2, 0.25) is 0 Å². The number of urea groups is 1. The second-order valence-corrected chi connectivity index (χ2v) is 6.53. The predicted octanol–water partition coefficient (Wildman–Crippen LogP) is 2.67. The lowest BCUT2D eigenvalue weighted by Crippen LogP contribution is -2.50. The third-order valence-electron chi connectivity index (χ3n) is 4.60. The number of aromatic amines is 1. The second kappa shape index (κ2) is 7.63. The maximum atomic E-state index is 13.8. The summed E-state index contributed by atoms with van der Waals surface area (Å²) >= 11 is 0. The molecule has 28 heavy (non-hydrogen) atoms. The number of H-pyrrole nitrogens is 1. The maximum Gasteiger partial charge on any atom is 0.324 e. The number of amides is 2. The zero-order valence-corrected chi connectivity index (χ0v) is 15.4. The smallest absolute Gasteiger partial charge is 0.324 e. The van der Waals surface area contributed by atoms with Gasteiger partial charge in [0.1, 0.15) is 11.6 Å². The molecule has 0 spiro atoms. The van der Waals surface area contributed by atoms with Crippen molar-refractivity contribution in [2.75, 3.05) is 36.4 Å². The number of carbonyl (C=O) groups is 1. The molecule has 1 aliphatic heterocycles. The van der Waals surface area contributed by atoms with Gasteiger partial charge in [0.05, 0.1) is 5.56 Å². The van der Waals surface area contributed by atoms with Crippen molar-refractivity contribution in [2.45, 2.75) is 6.92 Å². The molecule has 1 aliphatic rings. The molecule has 0 bridgehead atoms. The van der Waals surface area contributed by atoms with E-state index in [1.54, 1.807) is 23.1 Å². The molecule has 0 radical (unpaired) electrons. The zero-order valence-electron chi connectivity index (χ0n) is 15.4. The molecule has 0 atom stereocenters. The van der Waals surface area contributed by atoms with Crippen LogP contribution in [0.5, 0.6) is 0 Å². The number of nitrogens with one attached hydrogen (secondary N) is 2. The fraction of sp³-hybridized carbons (Fsp3) is 0.263. The number of aromatic nitrogens is 4. The van der Waals surface area contributed by atoms with Gasteiger partial charge in [0.15, 0.2) is 5.82 Å². The summed E-state index contributed by atoms with van der Waals surface area (Å²) in [5.74, 6) is 0.899. The van der Waals surface area contributed by atoms with Crippen LogP contribution in [0.15, 0.2) is 42.5 Å². The SMILES string of the molecule is Cc1cccc(N2CCN(C(=O)Nc3n[nH]c(-c4ccccc4F)n3)CC2)n1. The van der Waals surface area contributed by atoms with Gasteiger partial charge in [-0.1, -0.05) is 18.2 Å². The highest BCUT2D eigenvalue weighted by atomic mass is 19.1. The Morgan fingerprint density at radius 3 is 2.61 bits per heavy atom. The Morgan fingerprint density at radius 2 is 1.86 bits per heavy atom. The van der Waals surface area contributed by atoms with Gasteiger partial charge < -0.3 is 9.80 Å². The third kappa shape index (κ3) is 3.78. The van der Waals surface area contributed by atoms with E-state index in [-0.39, 0.29) is 17.8 Å². The molecule has 3 aromatic rings. The van der Waals surface area contributed by atoms with Crippen LogP contribution in [0.1, 0.15) is 5.69 Å². The van der Waals surface area contributed by atoms with Crippen LogP contribution in [0.4, 0.5) is 21.0 Å². The van der Waals surface area contributed by atoms with Crippen molar-refractivity contribution in [2.24, 2.45) is 0 Å². The van der Waals surface area contributed by atoms with Crippen molar-refractivity contribution in [1.29, 1.82) is 0 Å². The molecular weight excluding hydrogens is 361 g/mol. The van der Waals surface area contributed by atoms with E-state index in [0.717, 1.165) is 11.5 Å². The minimum atomic E-state index is -0.405. The van der Waals surface area contributed by atoms with E-state index < -0.39 is 5.82 Å². The van der Waals surface area contributed by atoms with Crippen molar-refractivity contribution in [3.05, 3.63) is 54.0 Å². The highest BCUT2D eigenvalue weighted by Gasteiger charge is 2.23. The summed E-state index contributed by atoms with van der Waals surface area (Å²) in [7, 11) is 0. The zero-order chi connectivity index (χ0) is 19.5. The fourth-order valence-corrected chi connectivity index (χ4v) is 3.11. The molecule has 0 aliphatic carbocycles. The van der Waals surface area contributed by atoms with Gasteiger partial charge in [0.2, 0.25) is 5.95 Å². The summed E-state index contributed by atoms with van der Waals surface area (Å²) in [4.78, 5) is 25.0. The topological polar surface area (TPSA) is 90.0 Å². The number of aryl methyl sites for hydroxylation is 1. The van der Waals surface area contributed by atoms with E-state index in [2.05, 4.69) is 30.4 Å². The number of nitrogens with zero attached hydrogens (tertiary/aromatic N) is 5. The van der Waals surface area contributed by atoms with E-state index in [1.165, 1.54) is 6.07 Å². The maximum absolute atomic E-state index is 13.8. The van der Waals surface area contributed by atoms with E-state index in [0.29, 0.717) is 31.7 Å². The van der Waals surface area contributed by atoms with E-state index >= 15 is 0 Å². The quantitative estimate of drug-likeness (QED) is 0.728. The first kappa shape index (κ1) is 17.9. The standard InChI is InChI=1S/C19H20FN7O/c1-13-5-4-8-16(21-13)26-9-11-27(12-10-26)19(28)23-18-22-17(24-25-18)14-6-2-3-7-15(14)20/h2-8H,9-12H2,1H3,(H2,22,23,24,25,28). The summed E-state index contributed by atoms with van der Waals surface area (Å²) < 4.78 is 13.8. The van der Waals surface area contributed by atoms with E-state index in [1.807, 2.05) is 25.1 Å². The van der Waals surface area contributed by atoms with Crippen molar-refractivity contribution in [3.8, 4) is 11.4 Å². The Morgan fingerprint density at radius 1 is 1.07 bits per heavy atom. The number of halogens is 1. The monoisotopic (exact) mass is 381 g/mol. The first-order valence-corrected chi connectivity index (χ1v) is 9.02. The number of hydrogen-bond donors (Lipinski definition) is 2. The van der Waals surface area contributed by atoms with Crippen molar-refractivity contribution < 1.29 is 9.18 Å². The van der Waals surface area contributed by atoms with Crippen LogP contribution in [0.3, 0.4) is 0 Å². The summed E-state index contributed by atoms with van der Waals surface area (Å²) in [5, 5.41) is 9.27. The van der Waals surface area contributed by atoms with Gasteiger partial charge in [-0.2, -0.15) is 4.98 Å². The molecule has 144 valence electrons. The molecule has 8 nitrogen and oxygen atoms in total. The molecule has 1 fully saturated rings. The normalized spacial score (nSPS) is 14.2.